The Morgan fingerprint density at radius 3 is 2.61 bits per heavy atom. The topological polar surface area (TPSA) is 66.9 Å². The minimum Gasteiger partial charge on any atom is -0.495 e. The standard InChI is InChI=1S/C20H29ClN2O4S/c1-3-4-14-28(25,26)22-12-9-15(10-13-22)20(24)23-11-5-6-16-17(21)7-8-18(27-2)19(16)23/h7-8,15H,3-6,9-14H2,1-2H3. The largest absolute Gasteiger partial charge is 0.495 e. The molecule has 1 amide bonds. The van der Waals surface area contributed by atoms with Gasteiger partial charge in [-0.15, -0.1) is 0 Å². The van der Waals surface area contributed by atoms with Crippen molar-refractivity contribution in [3.63, 3.8) is 0 Å². The lowest BCUT2D eigenvalue weighted by Crippen LogP contribution is -2.46. The molecule has 1 fully saturated rings. The fourth-order valence-electron chi connectivity index (χ4n) is 4.09. The number of anilines is 1. The molecule has 0 bridgehead atoms. The van der Waals surface area contributed by atoms with E-state index in [2.05, 4.69) is 0 Å². The zero-order valence-electron chi connectivity index (χ0n) is 16.6. The van der Waals surface area contributed by atoms with Crippen molar-refractivity contribution in [3.05, 3.63) is 22.7 Å². The Morgan fingerprint density at radius 1 is 1.25 bits per heavy atom. The lowest BCUT2D eigenvalue weighted by atomic mass is 9.93. The summed E-state index contributed by atoms with van der Waals surface area (Å²) < 4.78 is 31.9. The molecule has 0 atom stereocenters. The third-order valence-corrected chi connectivity index (χ3v) is 8.02. The normalized spacial score (nSPS) is 18.8. The molecule has 0 spiro atoms. The zero-order valence-corrected chi connectivity index (χ0v) is 18.2. The number of nitrogens with zero attached hydrogens (tertiary/aromatic N) is 2. The van der Waals surface area contributed by atoms with Crippen molar-refractivity contribution in [1.82, 2.24) is 4.31 Å². The van der Waals surface area contributed by atoms with Gasteiger partial charge in [0.1, 0.15) is 5.75 Å². The molecule has 1 aromatic rings. The predicted molar refractivity (Wildman–Crippen MR) is 112 cm³/mol. The molecule has 0 N–H and O–H groups in total. The summed E-state index contributed by atoms with van der Waals surface area (Å²) in [6, 6.07) is 3.61. The molecule has 3 rings (SSSR count). The van der Waals surface area contributed by atoms with Crippen LogP contribution in [0.4, 0.5) is 5.69 Å². The highest BCUT2D eigenvalue weighted by Crippen LogP contribution is 2.41. The summed E-state index contributed by atoms with van der Waals surface area (Å²) in [6.07, 6.45) is 4.32. The van der Waals surface area contributed by atoms with Gasteiger partial charge < -0.3 is 9.64 Å². The molecule has 156 valence electrons. The first-order valence-electron chi connectivity index (χ1n) is 10.0. The van der Waals surface area contributed by atoms with Gasteiger partial charge in [0.25, 0.3) is 0 Å². The van der Waals surface area contributed by atoms with E-state index in [1.807, 2.05) is 13.0 Å². The summed E-state index contributed by atoms with van der Waals surface area (Å²) in [5.74, 6) is 0.725. The van der Waals surface area contributed by atoms with Crippen molar-refractivity contribution in [2.24, 2.45) is 5.92 Å². The highest BCUT2D eigenvalue weighted by Gasteiger charge is 2.35. The maximum Gasteiger partial charge on any atom is 0.230 e. The average Bonchev–Trinajstić information content (AvgIpc) is 2.72. The number of piperidine rings is 1. The summed E-state index contributed by atoms with van der Waals surface area (Å²) in [5, 5.41) is 0.658. The van der Waals surface area contributed by atoms with E-state index in [1.165, 1.54) is 0 Å². The smallest absolute Gasteiger partial charge is 0.230 e. The van der Waals surface area contributed by atoms with E-state index in [1.54, 1.807) is 22.4 Å². The highest BCUT2D eigenvalue weighted by molar-refractivity contribution is 7.89. The van der Waals surface area contributed by atoms with Crippen molar-refractivity contribution in [1.29, 1.82) is 0 Å². The van der Waals surface area contributed by atoms with Crippen LogP contribution in [0.5, 0.6) is 5.75 Å². The van der Waals surface area contributed by atoms with Gasteiger partial charge in [-0.3, -0.25) is 4.79 Å². The number of rotatable bonds is 6. The van der Waals surface area contributed by atoms with E-state index < -0.39 is 10.0 Å². The first kappa shape index (κ1) is 21.4. The first-order valence-corrected chi connectivity index (χ1v) is 12.0. The number of sulfonamides is 1. The van der Waals surface area contributed by atoms with Gasteiger partial charge in [0.15, 0.2) is 0 Å². The first-order chi connectivity index (χ1) is 13.4. The van der Waals surface area contributed by atoms with Crippen LogP contribution in [0.15, 0.2) is 12.1 Å². The second-order valence-electron chi connectivity index (χ2n) is 7.51. The van der Waals surface area contributed by atoms with E-state index in [0.29, 0.717) is 49.7 Å². The molecule has 1 aromatic carbocycles. The number of hydrogen-bond donors (Lipinski definition) is 0. The SMILES string of the molecule is CCCCS(=O)(=O)N1CCC(C(=O)N2CCCc3c(Cl)ccc(OC)c32)CC1. The number of amides is 1. The molecule has 2 aliphatic rings. The predicted octanol–water partition coefficient (Wildman–Crippen LogP) is 3.47. The molecule has 0 aromatic heterocycles. The van der Waals surface area contributed by atoms with Crippen molar-refractivity contribution < 1.29 is 17.9 Å². The Hall–Kier alpha value is -1.31. The van der Waals surface area contributed by atoms with E-state index in [4.69, 9.17) is 16.3 Å². The van der Waals surface area contributed by atoms with Crippen LogP contribution in [-0.4, -0.2) is 51.1 Å². The Bertz CT molecular complexity index is 820. The van der Waals surface area contributed by atoms with Crippen LogP contribution < -0.4 is 9.64 Å². The number of carbonyl (C=O) groups excluding carboxylic acids is 1. The van der Waals surface area contributed by atoms with E-state index in [0.717, 1.165) is 30.5 Å². The van der Waals surface area contributed by atoms with Gasteiger partial charge in [-0.25, -0.2) is 12.7 Å². The van der Waals surface area contributed by atoms with Crippen molar-refractivity contribution in [3.8, 4) is 5.75 Å². The summed E-state index contributed by atoms with van der Waals surface area (Å²) >= 11 is 6.37. The van der Waals surface area contributed by atoms with Gasteiger partial charge in [-0.05, 0) is 49.8 Å². The molecule has 0 saturated carbocycles. The van der Waals surface area contributed by atoms with Gasteiger partial charge in [0, 0.05) is 30.6 Å². The molecule has 28 heavy (non-hydrogen) atoms. The van der Waals surface area contributed by atoms with E-state index in [9.17, 15) is 13.2 Å². The number of carbonyl (C=O) groups is 1. The summed E-state index contributed by atoms with van der Waals surface area (Å²) in [4.78, 5) is 15.1. The summed E-state index contributed by atoms with van der Waals surface area (Å²) in [6.45, 7) is 3.45. The van der Waals surface area contributed by atoms with Crippen LogP contribution in [0.25, 0.3) is 0 Å². The Balaban J connectivity index is 1.73. The molecule has 0 aliphatic carbocycles. The van der Waals surface area contributed by atoms with Gasteiger partial charge in [0.2, 0.25) is 15.9 Å². The number of halogens is 1. The highest BCUT2D eigenvalue weighted by atomic mass is 35.5. The minimum absolute atomic E-state index is 0.0483. The molecule has 0 unspecified atom stereocenters. The molecule has 0 radical (unpaired) electrons. The minimum atomic E-state index is -3.21. The maximum absolute atomic E-state index is 13.3. The molecule has 6 nitrogen and oxygen atoms in total. The molecule has 1 saturated heterocycles. The molecule has 2 aliphatic heterocycles. The second kappa shape index (κ2) is 9.01. The van der Waals surface area contributed by atoms with Crippen molar-refractivity contribution >= 4 is 33.2 Å². The van der Waals surface area contributed by atoms with Crippen LogP contribution in [-0.2, 0) is 21.2 Å². The quantitative estimate of drug-likeness (QED) is 0.695. The Morgan fingerprint density at radius 2 is 1.96 bits per heavy atom. The van der Waals surface area contributed by atoms with Crippen molar-refractivity contribution in [2.75, 3.05) is 37.4 Å². The lowest BCUT2D eigenvalue weighted by molar-refractivity contribution is -0.123. The zero-order chi connectivity index (χ0) is 20.3. The number of hydrogen-bond acceptors (Lipinski definition) is 4. The van der Waals surface area contributed by atoms with Gasteiger partial charge in [-0.1, -0.05) is 24.9 Å². The van der Waals surface area contributed by atoms with Crippen LogP contribution >= 0.6 is 11.6 Å². The maximum atomic E-state index is 13.3. The molecule has 8 heteroatoms. The van der Waals surface area contributed by atoms with E-state index >= 15 is 0 Å². The number of methoxy groups -OCH3 is 1. The van der Waals surface area contributed by atoms with Crippen LogP contribution in [0.1, 0.15) is 44.6 Å². The second-order valence-corrected chi connectivity index (χ2v) is 10.0. The average molecular weight is 429 g/mol. The third kappa shape index (κ3) is 4.31. The number of ether oxygens (including phenoxy) is 1. The molecular formula is C20H29ClN2O4S. The van der Waals surface area contributed by atoms with Gasteiger partial charge in [-0.2, -0.15) is 0 Å². The monoisotopic (exact) mass is 428 g/mol. The van der Waals surface area contributed by atoms with Crippen LogP contribution in [0.2, 0.25) is 5.02 Å². The van der Waals surface area contributed by atoms with Gasteiger partial charge >= 0.3 is 0 Å². The third-order valence-electron chi connectivity index (χ3n) is 5.71. The number of fused-ring (bicyclic) bond motifs is 1. The number of benzene rings is 1. The Labute approximate surface area is 172 Å². The number of unbranched alkanes of at least 4 members (excludes halogenated alkanes) is 1. The Kier molecular flexibility index (Phi) is 6.89. The summed E-state index contributed by atoms with van der Waals surface area (Å²) in [7, 11) is -1.62. The lowest BCUT2D eigenvalue weighted by Gasteiger charge is -2.36. The fourth-order valence-corrected chi connectivity index (χ4v) is 6.02. The van der Waals surface area contributed by atoms with Crippen molar-refractivity contribution in [2.45, 2.75) is 45.4 Å². The fraction of sp³-hybridized carbons (Fsp3) is 0.650. The molecular weight excluding hydrogens is 400 g/mol. The van der Waals surface area contributed by atoms with Crippen LogP contribution in [0, 0.1) is 5.92 Å². The summed E-state index contributed by atoms with van der Waals surface area (Å²) in [5.41, 5.74) is 1.74. The van der Waals surface area contributed by atoms with E-state index in [-0.39, 0.29) is 17.6 Å². The van der Waals surface area contributed by atoms with Crippen LogP contribution in [0.3, 0.4) is 0 Å². The van der Waals surface area contributed by atoms with Gasteiger partial charge in [0.05, 0.1) is 18.6 Å². The molecule has 2 heterocycles.